The second-order valence-corrected chi connectivity index (χ2v) is 15.6. The molecule has 2 aromatic heterocycles. The van der Waals surface area contributed by atoms with Gasteiger partial charge in [0.25, 0.3) is 5.91 Å². The summed E-state index contributed by atoms with van der Waals surface area (Å²) >= 11 is 0. The molecule has 1 aliphatic rings. The van der Waals surface area contributed by atoms with Gasteiger partial charge in [0.2, 0.25) is 5.91 Å². The maximum atomic E-state index is 14.5. The molecule has 0 saturated carbocycles. The van der Waals surface area contributed by atoms with E-state index in [4.69, 9.17) is 4.74 Å². The molecule has 14 heteroatoms. The van der Waals surface area contributed by atoms with Gasteiger partial charge in [-0.05, 0) is 60.6 Å². The van der Waals surface area contributed by atoms with Crippen LogP contribution in [0.3, 0.4) is 0 Å². The predicted octanol–water partition coefficient (Wildman–Crippen LogP) is 5.50. The number of methoxy groups -OCH3 is 1. The molecule has 1 aliphatic heterocycles. The lowest BCUT2D eigenvalue weighted by Crippen LogP contribution is -2.59. The summed E-state index contributed by atoms with van der Waals surface area (Å²) in [6.07, 6.45) is 1.31. The van der Waals surface area contributed by atoms with Gasteiger partial charge in [-0.15, -0.1) is 0 Å². The van der Waals surface area contributed by atoms with Gasteiger partial charge in [0.05, 0.1) is 37.2 Å². The summed E-state index contributed by atoms with van der Waals surface area (Å²) < 4.78 is 4.83. The van der Waals surface area contributed by atoms with Crippen LogP contribution in [0.1, 0.15) is 63.1 Å². The lowest BCUT2D eigenvalue weighted by molar-refractivity contribution is -0.132. The number of benzene rings is 2. The van der Waals surface area contributed by atoms with Crippen molar-refractivity contribution in [3.8, 4) is 11.3 Å². The van der Waals surface area contributed by atoms with Crippen molar-refractivity contribution in [1.82, 2.24) is 40.8 Å². The number of nitrogens with one attached hydrogen (secondary N) is 3. The van der Waals surface area contributed by atoms with Crippen LogP contribution >= 0.6 is 0 Å². The normalized spacial score (nSPS) is 15.8. The molecule has 0 radical (unpaired) electrons. The fourth-order valence-electron chi connectivity index (χ4n) is 7.39. The largest absolute Gasteiger partial charge is 0.453 e. The van der Waals surface area contributed by atoms with Gasteiger partial charge in [-0.3, -0.25) is 25.0 Å². The van der Waals surface area contributed by atoms with Crippen LogP contribution in [0.2, 0.25) is 0 Å². The van der Waals surface area contributed by atoms with Crippen LogP contribution in [0.15, 0.2) is 97.2 Å². The van der Waals surface area contributed by atoms with Gasteiger partial charge >= 0.3 is 12.1 Å². The van der Waals surface area contributed by atoms with Gasteiger partial charge in [-0.1, -0.05) is 107 Å². The van der Waals surface area contributed by atoms with Gasteiger partial charge in [0, 0.05) is 43.6 Å². The van der Waals surface area contributed by atoms with Crippen LogP contribution in [0.25, 0.3) is 11.3 Å². The van der Waals surface area contributed by atoms with Crippen molar-refractivity contribution in [1.29, 1.82) is 0 Å². The highest BCUT2D eigenvalue weighted by Gasteiger charge is 2.41. The minimum atomic E-state index is -1.20. The first-order valence-corrected chi connectivity index (χ1v) is 20.8. The van der Waals surface area contributed by atoms with Crippen molar-refractivity contribution in [3.05, 3.63) is 120 Å². The van der Waals surface area contributed by atoms with E-state index in [1.165, 1.54) is 7.11 Å². The Kier molecular flexibility index (Phi) is 16.5. The molecule has 0 unspecified atom stereocenters. The van der Waals surface area contributed by atoms with Crippen LogP contribution < -0.4 is 16.1 Å². The molecular formula is C46H60N8O6. The van der Waals surface area contributed by atoms with E-state index in [1.54, 1.807) is 21.0 Å². The molecule has 1 saturated heterocycles. The zero-order chi connectivity index (χ0) is 43.2. The van der Waals surface area contributed by atoms with Gasteiger partial charge in [0.15, 0.2) is 0 Å². The number of urea groups is 1. The summed E-state index contributed by atoms with van der Waals surface area (Å²) in [5.74, 6) is -1.28. The van der Waals surface area contributed by atoms with Crippen LogP contribution in [-0.4, -0.2) is 105 Å². The highest BCUT2D eigenvalue weighted by atomic mass is 16.5. The molecule has 3 heterocycles. The third-order valence-electron chi connectivity index (χ3n) is 11.2. The molecule has 0 aliphatic carbocycles. The quantitative estimate of drug-likeness (QED) is 0.0842. The third kappa shape index (κ3) is 12.3. The van der Waals surface area contributed by atoms with Crippen molar-refractivity contribution in [2.24, 2.45) is 11.8 Å². The molecule has 320 valence electrons. The Balaban J connectivity index is 1.41. The number of aromatic nitrogens is 2. The van der Waals surface area contributed by atoms with Gasteiger partial charge in [0.1, 0.15) is 12.1 Å². The smallest absolute Gasteiger partial charge is 0.407 e. The van der Waals surface area contributed by atoms with E-state index < -0.39 is 36.2 Å². The molecule has 6 atom stereocenters. The summed E-state index contributed by atoms with van der Waals surface area (Å²) in [7, 11) is 1.24. The van der Waals surface area contributed by atoms with Crippen LogP contribution in [-0.2, 0) is 33.8 Å². The lowest BCUT2D eigenvalue weighted by Gasteiger charge is -2.35. The predicted molar refractivity (Wildman–Crippen MR) is 230 cm³/mol. The number of hydrogen-bond donors (Lipinski definition) is 4. The van der Waals surface area contributed by atoms with E-state index in [2.05, 4.69) is 26.0 Å². The second-order valence-electron chi connectivity index (χ2n) is 15.6. The summed E-state index contributed by atoms with van der Waals surface area (Å²) in [6.45, 7) is 10.9. The molecule has 0 spiro atoms. The minimum absolute atomic E-state index is 0.0924. The van der Waals surface area contributed by atoms with E-state index in [9.17, 15) is 24.3 Å². The Morgan fingerprint density at radius 1 is 0.850 bits per heavy atom. The number of rotatable bonds is 20. The number of pyridine rings is 2. The Bertz CT molecular complexity index is 2000. The van der Waals surface area contributed by atoms with Crippen molar-refractivity contribution in [3.63, 3.8) is 0 Å². The van der Waals surface area contributed by atoms with E-state index >= 15 is 0 Å². The lowest BCUT2D eigenvalue weighted by atomic mass is 9.95. The highest BCUT2D eigenvalue weighted by Crippen LogP contribution is 2.24. The number of hydrogen-bond acceptors (Lipinski definition) is 9. The summed E-state index contributed by atoms with van der Waals surface area (Å²) in [5, 5.41) is 19.6. The standard InChI is InChI=1S/C46H60N8O6/c1-7-31(3)41(50-45(58)60-6)43(56)51-53(28-35-20-22-36(23-21-35)38-19-12-13-24-47-38)30-40(55)39(27-34-16-10-9-11-17-34)49-44(57)42(32(4)8-2)54-26-25-52(46(54)59)29-37-18-14-15-33(5)48-37/h9-24,31-32,39-42,55H,7-8,25-30H2,1-6H3,(H,49,57)(H,50,58)(H,51,56)/t31-,32-,39-,40-,41-,42-/m0/s1. The number of carbonyl (C=O) groups is 4. The number of nitrogens with zero attached hydrogens (tertiary/aromatic N) is 5. The number of ether oxygens (including phenoxy) is 1. The van der Waals surface area contributed by atoms with Gasteiger partial charge in [-0.2, -0.15) is 0 Å². The summed E-state index contributed by atoms with van der Waals surface area (Å²) in [4.78, 5) is 67.1. The fourth-order valence-corrected chi connectivity index (χ4v) is 7.39. The Morgan fingerprint density at radius 3 is 2.22 bits per heavy atom. The maximum absolute atomic E-state index is 14.5. The average molecular weight is 821 g/mol. The van der Waals surface area contributed by atoms with Gasteiger partial charge in [-0.25, -0.2) is 14.6 Å². The minimum Gasteiger partial charge on any atom is -0.453 e. The molecule has 14 nitrogen and oxygen atoms in total. The van der Waals surface area contributed by atoms with Crippen molar-refractivity contribution in [2.45, 2.75) is 91.2 Å². The fraction of sp³-hybridized carbons (Fsp3) is 0.435. The Hall–Kier alpha value is -5.86. The Morgan fingerprint density at radius 2 is 1.57 bits per heavy atom. The number of aryl methyl sites for hydroxylation is 1. The average Bonchev–Trinajstić information content (AvgIpc) is 3.60. The molecule has 4 N–H and O–H groups in total. The molecular weight excluding hydrogens is 761 g/mol. The van der Waals surface area contributed by atoms with Crippen molar-refractivity contribution in [2.75, 3.05) is 26.7 Å². The first-order chi connectivity index (χ1) is 28.9. The van der Waals surface area contributed by atoms with Crippen molar-refractivity contribution >= 4 is 23.9 Å². The zero-order valence-corrected chi connectivity index (χ0v) is 35.6. The number of amides is 5. The van der Waals surface area contributed by atoms with E-state index in [0.717, 1.165) is 33.8 Å². The SMILES string of the molecule is CC[C@H](C)[C@H](NC(=O)OC)C(=O)NN(Cc1ccc(-c2ccccn2)cc1)C[C@H](O)[C@H](Cc1ccccc1)NC(=O)[C@H]([C@@H](C)CC)N1CCN(Cc2cccc(C)n2)C1=O. The first kappa shape index (κ1) is 45.2. The highest BCUT2D eigenvalue weighted by molar-refractivity contribution is 5.88. The third-order valence-corrected chi connectivity index (χ3v) is 11.2. The molecule has 2 aromatic carbocycles. The van der Waals surface area contributed by atoms with Crippen LogP contribution in [0, 0.1) is 18.8 Å². The molecule has 5 amide bonds. The van der Waals surface area contributed by atoms with Crippen LogP contribution in [0.4, 0.5) is 9.59 Å². The summed E-state index contributed by atoms with van der Waals surface area (Å²) in [5.41, 5.74) is 8.06. The first-order valence-electron chi connectivity index (χ1n) is 20.8. The van der Waals surface area contributed by atoms with E-state index in [1.807, 2.05) is 126 Å². The zero-order valence-electron chi connectivity index (χ0n) is 35.6. The maximum Gasteiger partial charge on any atom is 0.407 e. The molecule has 1 fully saturated rings. The summed E-state index contributed by atoms with van der Waals surface area (Å²) in [6, 6.07) is 25.9. The topological polar surface area (TPSA) is 169 Å². The van der Waals surface area contributed by atoms with Crippen LogP contribution in [0.5, 0.6) is 0 Å². The number of carbonyl (C=O) groups excluding carboxylic acids is 4. The number of aliphatic hydroxyl groups is 1. The number of aliphatic hydroxyl groups excluding tert-OH is 1. The van der Waals surface area contributed by atoms with E-state index in [0.29, 0.717) is 32.5 Å². The molecule has 4 aromatic rings. The number of hydrazine groups is 1. The van der Waals surface area contributed by atoms with Gasteiger partial charge < -0.3 is 30.3 Å². The molecule has 60 heavy (non-hydrogen) atoms. The second kappa shape index (κ2) is 21.9. The Labute approximate surface area is 353 Å². The monoisotopic (exact) mass is 820 g/mol. The van der Waals surface area contributed by atoms with E-state index in [-0.39, 0.29) is 43.3 Å². The van der Waals surface area contributed by atoms with Crippen molar-refractivity contribution < 1.29 is 29.0 Å². The molecule has 0 bridgehead atoms. The number of alkyl carbamates (subject to hydrolysis) is 1. The molecule has 5 rings (SSSR count).